The van der Waals surface area contributed by atoms with E-state index >= 15 is 0 Å². The quantitative estimate of drug-likeness (QED) is 0.300. The van der Waals surface area contributed by atoms with E-state index in [4.69, 9.17) is 11.5 Å². The third kappa shape index (κ3) is 5.56. The van der Waals surface area contributed by atoms with Crippen LogP contribution in [0.25, 0.3) is 0 Å². The minimum atomic E-state index is -1.10. The summed E-state index contributed by atoms with van der Waals surface area (Å²) in [7, 11) is 0. The summed E-state index contributed by atoms with van der Waals surface area (Å²) < 4.78 is 0. The molecule has 0 aromatic rings. The summed E-state index contributed by atoms with van der Waals surface area (Å²) in [4.78, 5) is 37.3. The average Bonchev–Trinajstić information content (AvgIpc) is 3.00. The Bertz CT molecular complexity index is 416. The van der Waals surface area contributed by atoms with Crippen LogP contribution in [-0.4, -0.2) is 65.4 Å². The van der Waals surface area contributed by atoms with Crippen LogP contribution in [0.5, 0.6) is 0 Å². The van der Waals surface area contributed by atoms with Gasteiger partial charge in [0, 0.05) is 6.54 Å². The molecule has 1 heterocycles. The third-order valence-corrected chi connectivity index (χ3v) is 4.12. The molecule has 8 heteroatoms. The molecule has 0 unspecified atom stereocenters. The molecule has 0 radical (unpaired) electrons. The first-order chi connectivity index (χ1) is 10.9. The third-order valence-electron chi connectivity index (χ3n) is 4.12. The number of aliphatic hydroxyl groups excluding tert-OH is 1. The van der Waals surface area contributed by atoms with Gasteiger partial charge in [-0.25, -0.2) is 0 Å². The zero-order valence-corrected chi connectivity index (χ0v) is 13.6. The molecule has 1 aliphatic rings. The maximum absolute atomic E-state index is 12.7. The van der Waals surface area contributed by atoms with Gasteiger partial charge in [-0.05, 0) is 45.6 Å². The standard InChI is InChI=1S/C15H28N4O4/c1-10(21)13(17)14(22)18-12(6-2-3-7-16)15(23)19-8-4-5-11(19)9-20/h9-13,21H,2-8,16-17H2,1H3,(H,18,22)/t10-,11+,12+,13+/m1/s1. The van der Waals surface area contributed by atoms with Gasteiger partial charge in [-0.15, -0.1) is 0 Å². The Labute approximate surface area is 136 Å². The zero-order valence-electron chi connectivity index (χ0n) is 13.6. The molecule has 132 valence electrons. The number of unbranched alkanes of at least 4 members (excludes halogenated alkanes) is 1. The van der Waals surface area contributed by atoms with Crippen molar-refractivity contribution < 1.29 is 19.5 Å². The smallest absolute Gasteiger partial charge is 0.245 e. The average molecular weight is 328 g/mol. The fourth-order valence-electron chi connectivity index (χ4n) is 2.64. The Balaban J connectivity index is 2.76. The molecule has 0 aromatic heterocycles. The van der Waals surface area contributed by atoms with Gasteiger partial charge in [-0.2, -0.15) is 0 Å². The monoisotopic (exact) mass is 328 g/mol. The number of aliphatic hydroxyl groups is 1. The van der Waals surface area contributed by atoms with Crippen LogP contribution >= 0.6 is 0 Å². The molecule has 2 amide bonds. The number of likely N-dealkylation sites (tertiary alicyclic amines) is 1. The van der Waals surface area contributed by atoms with E-state index in [0.717, 1.165) is 19.1 Å². The minimum Gasteiger partial charge on any atom is -0.391 e. The first-order valence-corrected chi connectivity index (χ1v) is 8.12. The lowest BCUT2D eigenvalue weighted by molar-refractivity contribution is -0.139. The van der Waals surface area contributed by atoms with Gasteiger partial charge in [0.05, 0.1) is 12.1 Å². The van der Waals surface area contributed by atoms with Crippen LogP contribution in [0.3, 0.4) is 0 Å². The molecule has 1 rings (SSSR count). The fourth-order valence-corrected chi connectivity index (χ4v) is 2.64. The van der Waals surface area contributed by atoms with Crippen LogP contribution in [0.15, 0.2) is 0 Å². The second-order valence-electron chi connectivity index (χ2n) is 5.99. The number of nitrogens with zero attached hydrogens (tertiary/aromatic N) is 1. The highest BCUT2D eigenvalue weighted by Crippen LogP contribution is 2.18. The van der Waals surface area contributed by atoms with Crippen LogP contribution in [0.1, 0.15) is 39.0 Å². The van der Waals surface area contributed by atoms with E-state index < -0.39 is 30.1 Å². The summed E-state index contributed by atoms with van der Waals surface area (Å²) in [5.74, 6) is -0.851. The number of hydrogen-bond donors (Lipinski definition) is 4. The van der Waals surface area contributed by atoms with Crippen molar-refractivity contribution in [3.05, 3.63) is 0 Å². The maximum Gasteiger partial charge on any atom is 0.245 e. The molecule has 1 aliphatic heterocycles. The predicted octanol–water partition coefficient (Wildman–Crippen LogP) is -1.50. The van der Waals surface area contributed by atoms with Gasteiger partial charge in [0.25, 0.3) is 0 Å². The van der Waals surface area contributed by atoms with Gasteiger partial charge in [-0.3, -0.25) is 9.59 Å². The van der Waals surface area contributed by atoms with E-state index in [0.29, 0.717) is 32.4 Å². The molecule has 0 aromatic carbocycles. The summed E-state index contributed by atoms with van der Waals surface area (Å²) >= 11 is 0. The number of carbonyl (C=O) groups is 3. The molecular weight excluding hydrogens is 300 g/mol. The van der Waals surface area contributed by atoms with Crippen molar-refractivity contribution in [1.29, 1.82) is 0 Å². The van der Waals surface area contributed by atoms with Crippen molar-refractivity contribution in [2.24, 2.45) is 11.5 Å². The second-order valence-corrected chi connectivity index (χ2v) is 5.99. The molecule has 0 saturated carbocycles. The summed E-state index contributed by atoms with van der Waals surface area (Å²) in [5, 5.41) is 12.0. The van der Waals surface area contributed by atoms with E-state index in [-0.39, 0.29) is 5.91 Å². The molecule has 1 saturated heterocycles. The molecule has 8 nitrogen and oxygen atoms in total. The highest BCUT2D eigenvalue weighted by molar-refractivity contribution is 5.91. The van der Waals surface area contributed by atoms with Crippen molar-refractivity contribution in [2.45, 2.75) is 63.3 Å². The molecule has 0 aliphatic carbocycles. The van der Waals surface area contributed by atoms with Crippen LogP contribution < -0.4 is 16.8 Å². The van der Waals surface area contributed by atoms with E-state index in [9.17, 15) is 19.5 Å². The van der Waals surface area contributed by atoms with Gasteiger partial charge < -0.3 is 31.6 Å². The van der Waals surface area contributed by atoms with E-state index in [2.05, 4.69) is 5.32 Å². The van der Waals surface area contributed by atoms with Crippen LogP contribution in [0, 0.1) is 0 Å². The van der Waals surface area contributed by atoms with Crippen molar-refractivity contribution >= 4 is 18.1 Å². The Hall–Kier alpha value is -1.51. The van der Waals surface area contributed by atoms with E-state index in [1.54, 1.807) is 0 Å². The fraction of sp³-hybridized carbons (Fsp3) is 0.800. The SMILES string of the molecule is C[C@@H](O)[C@H](N)C(=O)N[C@@H](CCCCN)C(=O)N1CCC[C@H]1C=O. The number of amides is 2. The Morgan fingerprint density at radius 2 is 2.13 bits per heavy atom. The molecule has 0 bridgehead atoms. The first kappa shape index (κ1) is 19.5. The summed E-state index contributed by atoms with van der Waals surface area (Å²) in [6.07, 6.45) is 3.01. The normalized spacial score (nSPS) is 21.6. The van der Waals surface area contributed by atoms with Gasteiger partial charge in [-0.1, -0.05) is 0 Å². The lowest BCUT2D eigenvalue weighted by Gasteiger charge is -2.28. The molecule has 23 heavy (non-hydrogen) atoms. The number of aldehydes is 1. The second kappa shape index (κ2) is 9.59. The van der Waals surface area contributed by atoms with E-state index in [1.807, 2.05) is 0 Å². The van der Waals surface area contributed by atoms with Gasteiger partial charge in [0.1, 0.15) is 18.4 Å². The zero-order chi connectivity index (χ0) is 17.4. The number of hydrogen-bond acceptors (Lipinski definition) is 6. The van der Waals surface area contributed by atoms with E-state index in [1.165, 1.54) is 11.8 Å². The Morgan fingerprint density at radius 1 is 1.43 bits per heavy atom. The van der Waals surface area contributed by atoms with Gasteiger partial charge >= 0.3 is 0 Å². The summed E-state index contributed by atoms with van der Waals surface area (Å²) in [6, 6.07) is -2.28. The molecule has 1 fully saturated rings. The van der Waals surface area contributed by atoms with Crippen LogP contribution in [-0.2, 0) is 14.4 Å². The van der Waals surface area contributed by atoms with Crippen LogP contribution in [0.2, 0.25) is 0 Å². The maximum atomic E-state index is 12.7. The van der Waals surface area contributed by atoms with Crippen LogP contribution in [0.4, 0.5) is 0 Å². The lowest BCUT2D eigenvalue weighted by Crippen LogP contribution is -2.55. The Kier molecular flexibility index (Phi) is 8.15. The summed E-state index contributed by atoms with van der Waals surface area (Å²) in [6.45, 7) is 2.43. The number of carbonyl (C=O) groups excluding carboxylic acids is 3. The van der Waals surface area contributed by atoms with Crippen molar-refractivity contribution in [1.82, 2.24) is 10.2 Å². The highest BCUT2D eigenvalue weighted by Gasteiger charge is 2.34. The number of nitrogens with two attached hydrogens (primary N) is 2. The van der Waals surface area contributed by atoms with Gasteiger partial charge in [0.15, 0.2) is 0 Å². The molecule has 6 N–H and O–H groups in total. The molecule has 0 spiro atoms. The van der Waals surface area contributed by atoms with Gasteiger partial charge in [0.2, 0.25) is 11.8 Å². The summed E-state index contributed by atoms with van der Waals surface area (Å²) in [5.41, 5.74) is 11.1. The highest BCUT2D eigenvalue weighted by atomic mass is 16.3. The van der Waals surface area contributed by atoms with Crippen molar-refractivity contribution in [3.8, 4) is 0 Å². The minimum absolute atomic E-state index is 0.275. The van der Waals surface area contributed by atoms with Crippen molar-refractivity contribution in [2.75, 3.05) is 13.1 Å². The lowest BCUT2D eigenvalue weighted by atomic mass is 10.1. The van der Waals surface area contributed by atoms with Crippen molar-refractivity contribution in [3.63, 3.8) is 0 Å². The topological polar surface area (TPSA) is 139 Å². The molecular formula is C15H28N4O4. The Morgan fingerprint density at radius 3 is 2.70 bits per heavy atom. The number of rotatable bonds is 9. The predicted molar refractivity (Wildman–Crippen MR) is 85.3 cm³/mol. The first-order valence-electron chi connectivity index (χ1n) is 8.12. The molecule has 4 atom stereocenters. The largest absolute Gasteiger partial charge is 0.391 e. The number of nitrogens with one attached hydrogen (secondary N) is 1.